The van der Waals surface area contributed by atoms with E-state index in [1.807, 2.05) is 48.5 Å². The van der Waals surface area contributed by atoms with Gasteiger partial charge in [-0.1, -0.05) is 48.2 Å². The van der Waals surface area contributed by atoms with Gasteiger partial charge in [0.05, 0.1) is 18.7 Å². The van der Waals surface area contributed by atoms with Gasteiger partial charge in [-0.15, -0.1) is 0 Å². The number of fused-ring (bicyclic) bond motifs is 1. The van der Waals surface area contributed by atoms with Gasteiger partial charge in [-0.2, -0.15) is 5.26 Å². The maximum absolute atomic E-state index is 12.4. The SMILES string of the molecule is COC(=O)C1(Sc2ncccc2-c2ccc(C#N)c3ccccc23)CCC1. The first-order valence-corrected chi connectivity index (χ1v) is 9.65. The Hall–Kier alpha value is -2.84. The highest BCUT2D eigenvalue weighted by atomic mass is 32.2. The molecule has 134 valence electrons. The molecule has 0 radical (unpaired) electrons. The van der Waals surface area contributed by atoms with Crippen LogP contribution in [0.5, 0.6) is 0 Å². The lowest BCUT2D eigenvalue weighted by atomic mass is 9.84. The van der Waals surface area contributed by atoms with E-state index in [0.29, 0.717) is 5.56 Å². The zero-order valence-corrected chi connectivity index (χ0v) is 15.8. The number of aromatic nitrogens is 1. The van der Waals surface area contributed by atoms with Crippen molar-refractivity contribution in [2.75, 3.05) is 7.11 Å². The fraction of sp³-hybridized carbons (Fsp3) is 0.227. The quantitative estimate of drug-likeness (QED) is 0.604. The largest absolute Gasteiger partial charge is 0.468 e. The molecule has 0 amide bonds. The first-order valence-electron chi connectivity index (χ1n) is 8.83. The number of ether oxygens (including phenoxy) is 1. The monoisotopic (exact) mass is 374 g/mol. The molecule has 0 saturated heterocycles. The molecule has 1 saturated carbocycles. The number of carbonyl (C=O) groups excluding carboxylic acids is 1. The van der Waals surface area contributed by atoms with E-state index < -0.39 is 4.75 Å². The maximum Gasteiger partial charge on any atom is 0.322 e. The third kappa shape index (κ3) is 2.96. The summed E-state index contributed by atoms with van der Waals surface area (Å²) >= 11 is 1.50. The molecule has 4 nitrogen and oxygen atoms in total. The second kappa shape index (κ2) is 7.05. The third-order valence-electron chi connectivity index (χ3n) is 5.12. The van der Waals surface area contributed by atoms with E-state index in [4.69, 9.17) is 4.74 Å². The zero-order valence-electron chi connectivity index (χ0n) is 14.9. The number of carbonyl (C=O) groups is 1. The van der Waals surface area contributed by atoms with Crippen molar-refractivity contribution in [1.82, 2.24) is 4.98 Å². The first-order chi connectivity index (χ1) is 13.2. The highest BCUT2D eigenvalue weighted by Gasteiger charge is 2.47. The predicted molar refractivity (Wildman–Crippen MR) is 106 cm³/mol. The highest BCUT2D eigenvalue weighted by molar-refractivity contribution is 8.01. The fourth-order valence-corrected chi connectivity index (χ4v) is 4.96. The summed E-state index contributed by atoms with van der Waals surface area (Å²) in [6.45, 7) is 0. The van der Waals surface area contributed by atoms with Crippen molar-refractivity contribution >= 4 is 28.5 Å². The Morgan fingerprint density at radius 2 is 1.89 bits per heavy atom. The predicted octanol–water partition coefficient (Wildman–Crippen LogP) is 4.96. The molecule has 0 N–H and O–H groups in total. The smallest absolute Gasteiger partial charge is 0.322 e. The van der Waals surface area contributed by atoms with Crippen molar-refractivity contribution in [3.8, 4) is 17.2 Å². The van der Waals surface area contributed by atoms with Crippen molar-refractivity contribution in [2.45, 2.75) is 29.0 Å². The van der Waals surface area contributed by atoms with Gasteiger partial charge < -0.3 is 4.74 Å². The van der Waals surface area contributed by atoms with Crippen LogP contribution in [0.2, 0.25) is 0 Å². The van der Waals surface area contributed by atoms with Gasteiger partial charge >= 0.3 is 5.97 Å². The number of nitriles is 1. The first kappa shape index (κ1) is 17.6. The Morgan fingerprint density at radius 3 is 2.56 bits per heavy atom. The third-order valence-corrected chi connectivity index (χ3v) is 6.60. The molecule has 0 aliphatic heterocycles. The van der Waals surface area contributed by atoms with Crippen molar-refractivity contribution in [3.63, 3.8) is 0 Å². The standard InChI is InChI=1S/C22H18N2O2S/c1-26-21(25)22(11-5-12-22)27-20-19(8-4-13-24-20)18-10-9-15(14-23)16-6-2-3-7-17(16)18/h2-4,6-10,13H,5,11-12H2,1H3. The molecule has 0 atom stereocenters. The number of rotatable bonds is 4. The van der Waals surface area contributed by atoms with E-state index in [1.165, 1.54) is 18.9 Å². The molecule has 27 heavy (non-hydrogen) atoms. The van der Waals surface area contributed by atoms with Gasteiger partial charge in [0.2, 0.25) is 0 Å². The molecule has 1 heterocycles. The van der Waals surface area contributed by atoms with Crippen molar-refractivity contribution in [1.29, 1.82) is 5.26 Å². The molecule has 1 fully saturated rings. The molecule has 2 aromatic carbocycles. The molecule has 0 spiro atoms. The van der Waals surface area contributed by atoms with Crippen LogP contribution < -0.4 is 0 Å². The van der Waals surface area contributed by atoms with E-state index in [0.717, 1.165) is 46.2 Å². The number of benzene rings is 2. The van der Waals surface area contributed by atoms with Gasteiger partial charge in [0.1, 0.15) is 9.77 Å². The van der Waals surface area contributed by atoms with Gasteiger partial charge in [0, 0.05) is 17.1 Å². The van der Waals surface area contributed by atoms with Crippen LogP contribution in [0.4, 0.5) is 0 Å². The molecular formula is C22H18N2O2S. The Balaban J connectivity index is 1.85. The molecule has 0 bridgehead atoms. The summed E-state index contributed by atoms with van der Waals surface area (Å²) in [5.41, 5.74) is 2.63. The van der Waals surface area contributed by atoms with E-state index in [9.17, 15) is 10.1 Å². The van der Waals surface area contributed by atoms with E-state index in [-0.39, 0.29) is 5.97 Å². The number of nitrogens with zero attached hydrogens (tertiary/aromatic N) is 2. The minimum Gasteiger partial charge on any atom is -0.468 e. The van der Waals surface area contributed by atoms with Crippen LogP contribution in [-0.2, 0) is 9.53 Å². The molecular weight excluding hydrogens is 356 g/mol. The second-order valence-corrected chi connectivity index (χ2v) is 7.99. The van der Waals surface area contributed by atoms with Gasteiger partial charge in [-0.05, 0) is 42.3 Å². The number of hydrogen-bond acceptors (Lipinski definition) is 5. The summed E-state index contributed by atoms with van der Waals surface area (Å²) in [6, 6.07) is 17.9. The van der Waals surface area contributed by atoms with Crippen LogP contribution in [-0.4, -0.2) is 22.8 Å². The molecule has 1 aromatic heterocycles. The Morgan fingerprint density at radius 1 is 1.11 bits per heavy atom. The maximum atomic E-state index is 12.4. The average molecular weight is 374 g/mol. The zero-order chi connectivity index (χ0) is 18.9. The lowest BCUT2D eigenvalue weighted by Crippen LogP contribution is -2.42. The second-order valence-electron chi connectivity index (χ2n) is 6.62. The van der Waals surface area contributed by atoms with Gasteiger partial charge in [-0.3, -0.25) is 4.79 Å². The van der Waals surface area contributed by atoms with Gasteiger partial charge in [0.25, 0.3) is 0 Å². The van der Waals surface area contributed by atoms with Crippen LogP contribution in [0, 0.1) is 11.3 Å². The topological polar surface area (TPSA) is 63.0 Å². The Bertz CT molecular complexity index is 1070. The van der Waals surface area contributed by atoms with E-state index >= 15 is 0 Å². The summed E-state index contributed by atoms with van der Waals surface area (Å²) in [7, 11) is 1.44. The van der Waals surface area contributed by atoms with Gasteiger partial charge in [0.15, 0.2) is 0 Å². The van der Waals surface area contributed by atoms with Gasteiger partial charge in [-0.25, -0.2) is 4.98 Å². The number of hydrogen-bond donors (Lipinski definition) is 0. The molecule has 5 heteroatoms. The number of thioether (sulfide) groups is 1. The van der Waals surface area contributed by atoms with Crippen molar-refractivity contribution < 1.29 is 9.53 Å². The van der Waals surface area contributed by atoms with Crippen molar-refractivity contribution in [3.05, 3.63) is 60.3 Å². The van der Waals surface area contributed by atoms with Crippen LogP contribution >= 0.6 is 11.8 Å². The molecule has 1 aliphatic carbocycles. The molecule has 0 unspecified atom stereocenters. The molecule has 4 rings (SSSR count). The number of esters is 1. The minimum absolute atomic E-state index is 0.181. The number of pyridine rings is 1. The Labute approximate surface area is 162 Å². The van der Waals surface area contributed by atoms with Crippen LogP contribution in [0.15, 0.2) is 59.8 Å². The summed E-state index contributed by atoms with van der Waals surface area (Å²) in [5.74, 6) is -0.181. The summed E-state index contributed by atoms with van der Waals surface area (Å²) in [4.78, 5) is 16.9. The van der Waals surface area contributed by atoms with E-state index in [2.05, 4.69) is 11.1 Å². The lowest BCUT2D eigenvalue weighted by molar-refractivity contribution is -0.145. The fourth-order valence-electron chi connectivity index (χ4n) is 3.53. The van der Waals surface area contributed by atoms with Crippen molar-refractivity contribution in [2.24, 2.45) is 0 Å². The van der Waals surface area contributed by atoms with E-state index in [1.54, 1.807) is 6.20 Å². The lowest BCUT2D eigenvalue weighted by Gasteiger charge is -2.38. The average Bonchev–Trinajstić information content (AvgIpc) is 2.69. The molecule has 1 aliphatic rings. The van der Waals surface area contributed by atoms with Crippen LogP contribution in [0.3, 0.4) is 0 Å². The Kier molecular flexibility index (Phi) is 4.59. The van der Waals surface area contributed by atoms with Crippen LogP contribution in [0.25, 0.3) is 21.9 Å². The number of methoxy groups -OCH3 is 1. The summed E-state index contributed by atoms with van der Waals surface area (Å²) in [6.07, 6.45) is 4.37. The van der Waals surface area contributed by atoms with Crippen LogP contribution in [0.1, 0.15) is 24.8 Å². The summed E-state index contributed by atoms with van der Waals surface area (Å²) < 4.78 is 4.51. The highest BCUT2D eigenvalue weighted by Crippen LogP contribution is 2.50. The normalized spacial score (nSPS) is 15.0. The summed E-state index contributed by atoms with van der Waals surface area (Å²) in [5, 5.41) is 12.2. The minimum atomic E-state index is -0.541. The molecule has 3 aromatic rings.